The Bertz CT molecular complexity index is 1170. The molecule has 0 bridgehead atoms. The minimum atomic E-state index is -5.06. The van der Waals surface area contributed by atoms with Crippen LogP contribution in [0.5, 0.6) is 0 Å². The molecule has 11 heteroatoms. The van der Waals surface area contributed by atoms with E-state index in [-0.39, 0.29) is 25.1 Å². The van der Waals surface area contributed by atoms with Gasteiger partial charge in [-0.3, -0.25) is 9.59 Å². The largest absolute Gasteiger partial charge is 0.416 e. The average Bonchev–Trinajstić information content (AvgIpc) is 3.08. The van der Waals surface area contributed by atoms with Gasteiger partial charge >= 0.3 is 12.4 Å². The van der Waals surface area contributed by atoms with Crippen LogP contribution in [-0.2, 0) is 21.9 Å². The number of anilines is 2. The van der Waals surface area contributed by atoms with Gasteiger partial charge in [-0.25, -0.2) is 0 Å². The van der Waals surface area contributed by atoms with E-state index in [4.69, 9.17) is 0 Å². The molecule has 0 spiro atoms. The average molecular weight is 558 g/mol. The summed E-state index contributed by atoms with van der Waals surface area (Å²) in [6.07, 6.45) is -9.38. The van der Waals surface area contributed by atoms with Gasteiger partial charge in [-0.05, 0) is 62.7 Å². The summed E-state index contributed by atoms with van der Waals surface area (Å²) in [5, 5.41) is 2.33. The molecule has 2 aromatic carbocycles. The molecule has 2 atom stereocenters. The van der Waals surface area contributed by atoms with Crippen LogP contribution in [0.4, 0.5) is 37.7 Å². The first-order chi connectivity index (χ1) is 18.0. The van der Waals surface area contributed by atoms with Crippen molar-refractivity contribution in [3.05, 3.63) is 58.7 Å². The van der Waals surface area contributed by atoms with Gasteiger partial charge in [0.15, 0.2) is 0 Å². The van der Waals surface area contributed by atoms with E-state index < -0.39 is 46.4 Å². The summed E-state index contributed by atoms with van der Waals surface area (Å²) in [6, 6.07) is 6.47. The minimum absolute atomic E-state index is 0.00982. The van der Waals surface area contributed by atoms with Gasteiger partial charge in [-0.2, -0.15) is 26.3 Å². The van der Waals surface area contributed by atoms with Gasteiger partial charge in [0.1, 0.15) is 0 Å². The normalized spacial score (nSPS) is 20.2. The molecule has 0 radical (unpaired) electrons. The van der Waals surface area contributed by atoms with Crippen LogP contribution >= 0.6 is 0 Å². The molecular weight excluding hydrogens is 524 g/mol. The molecule has 1 saturated heterocycles. The highest BCUT2D eigenvalue weighted by Crippen LogP contribution is 2.44. The first-order valence-electron chi connectivity index (χ1n) is 12.8. The van der Waals surface area contributed by atoms with E-state index in [1.807, 2.05) is 50.8 Å². The second-order valence-corrected chi connectivity index (χ2v) is 10.2. The lowest BCUT2D eigenvalue weighted by atomic mass is 9.77. The zero-order chi connectivity index (χ0) is 29.3. The van der Waals surface area contributed by atoms with Gasteiger partial charge in [0.05, 0.1) is 22.5 Å². The number of aryl methyl sites for hydroxylation is 2. The van der Waals surface area contributed by atoms with Crippen molar-refractivity contribution >= 4 is 23.2 Å². The fourth-order valence-corrected chi connectivity index (χ4v) is 5.26. The zero-order valence-corrected chi connectivity index (χ0v) is 22.6. The molecule has 0 saturated carbocycles. The number of nitrogens with one attached hydrogen (secondary N) is 1. The lowest BCUT2D eigenvalue weighted by molar-refractivity contribution is -0.143. The first kappa shape index (κ1) is 30.5. The highest BCUT2D eigenvalue weighted by molar-refractivity contribution is 6.08. The number of alkyl halides is 6. The summed E-state index contributed by atoms with van der Waals surface area (Å²) >= 11 is 0. The number of hydrogen-bond donors (Lipinski definition) is 1. The van der Waals surface area contributed by atoms with Crippen molar-refractivity contribution in [3.63, 3.8) is 0 Å². The summed E-state index contributed by atoms with van der Waals surface area (Å²) in [5.74, 6) is -2.04. The predicted molar refractivity (Wildman–Crippen MR) is 137 cm³/mol. The lowest BCUT2D eigenvalue weighted by Crippen LogP contribution is -2.51. The molecule has 0 aromatic heterocycles. The molecule has 1 aliphatic heterocycles. The van der Waals surface area contributed by atoms with E-state index in [2.05, 4.69) is 5.32 Å². The molecule has 3 rings (SSSR count). The number of nitrogens with zero attached hydrogens (tertiary/aromatic N) is 2. The van der Waals surface area contributed by atoms with Crippen LogP contribution in [0.25, 0.3) is 0 Å². The number of halogens is 6. The minimum Gasteiger partial charge on any atom is -0.325 e. The molecule has 1 N–H and O–H groups in total. The van der Waals surface area contributed by atoms with Crippen molar-refractivity contribution in [3.8, 4) is 0 Å². The first-order valence-corrected chi connectivity index (χ1v) is 12.8. The van der Waals surface area contributed by atoms with Crippen molar-refractivity contribution in [2.24, 2.45) is 11.3 Å². The number of amides is 2. The maximum absolute atomic E-state index is 13.9. The van der Waals surface area contributed by atoms with E-state index >= 15 is 0 Å². The fraction of sp³-hybridized carbons (Fsp3) is 0.500. The molecule has 2 amide bonds. The topological polar surface area (TPSA) is 52.7 Å². The Kier molecular flexibility index (Phi) is 8.74. The van der Waals surface area contributed by atoms with E-state index in [0.717, 1.165) is 17.5 Å². The Morgan fingerprint density at radius 1 is 1.03 bits per heavy atom. The van der Waals surface area contributed by atoms with Crippen LogP contribution in [0.2, 0.25) is 0 Å². The van der Waals surface area contributed by atoms with Crippen molar-refractivity contribution in [1.82, 2.24) is 4.90 Å². The number of benzene rings is 2. The lowest BCUT2D eigenvalue weighted by Gasteiger charge is -2.36. The fourth-order valence-electron chi connectivity index (χ4n) is 5.26. The van der Waals surface area contributed by atoms with E-state index in [0.29, 0.717) is 30.9 Å². The standard InChI is InChI=1S/C28H33F6N3O2/c1-6-11-36(7-2)15-26(16-37(24(38)19(26)5)23-17(3)9-8-10-18(23)4)25(39)35-22-13-20(27(29,30)31)12-21(14-22)28(32,33)34/h8-10,12-14,19H,6-7,11,15-16H2,1-5H3,(H,35,39)/t19-,26-/m1/s1. The second-order valence-electron chi connectivity index (χ2n) is 10.2. The number of carbonyl (C=O) groups excluding carboxylic acids is 2. The Hall–Kier alpha value is -3.08. The van der Waals surface area contributed by atoms with Gasteiger partial charge in [0.25, 0.3) is 0 Å². The molecule has 39 heavy (non-hydrogen) atoms. The summed E-state index contributed by atoms with van der Waals surface area (Å²) < 4.78 is 80.7. The quantitative estimate of drug-likeness (QED) is 0.369. The van der Waals surface area contributed by atoms with E-state index in [1.54, 1.807) is 6.92 Å². The molecule has 2 aromatic rings. The number of para-hydroxylation sites is 1. The predicted octanol–water partition coefficient (Wildman–Crippen LogP) is 6.68. The summed E-state index contributed by atoms with van der Waals surface area (Å²) in [7, 11) is 0. The monoisotopic (exact) mass is 557 g/mol. The highest BCUT2D eigenvalue weighted by atomic mass is 19.4. The molecule has 5 nitrogen and oxygen atoms in total. The van der Waals surface area contributed by atoms with Crippen LogP contribution in [0.3, 0.4) is 0 Å². The van der Waals surface area contributed by atoms with E-state index in [9.17, 15) is 35.9 Å². The van der Waals surface area contributed by atoms with Crippen molar-refractivity contribution in [1.29, 1.82) is 0 Å². The third-order valence-electron chi connectivity index (χ3n) is 7.41. The van der Waals surface area contributed by atoms with Gasteiger partial charge in [-0.1, -0.05) is 39.0 Å². The van der Waals surface area contributed by atoms with Gasteiger partial charge in [0.2, 0.25) is 11.8 Å². The van der Waals surface area contributed by atoms with Gasteiger partial charge in [0, 0.05) is 24.5 Å². The van der Waals surface area contributed by atoms with Crippen LogP contribution < -0.4 is 10.2 Å². The molecule has 1 aliphatic rings. The number of hydrogen-bond acceptors (Lipinski definition) is 3. The third kappa shape index (κ3) is 6.23. The van der Waals surface area contributed by atoms with Crippen molar-refractivity contribution in [2.75, 3.05) is 36.4 Å². The number of rotatable bonds is 8. The van der Waals surface area contributed by atoms with Crippen LogP contribution in [0, 0.1) is 25.2 Å². The zero-order valence-electron chi connectivity index (χ0n) is 22.6. The summed E-state index contributed by atoms with van der Waals surface area (Å²) in [5.41, 5.74) is -2.89. The molecule has 0 aliphatic carbocycles. The Labute approximate surface area is 224 Å². The van der Waals surface area contributed by atoms with Gasteiger partial charge < -0.3 is 15.1 Å². The maximum Gasteiger partial charge on any atom is 0.416 e. The molecule has 0 unspecified atom stereocenters. The molecular formula is C28H33F6N3O2. The van der Waals surface area contributed by atoms with Crippen LogP contribution in [-0.4, -0.2) is 42.9 Å². The highest BCUT2D eigenvalue weighted by Gasteiger charge is 2.56. The van der Waals surface area contributed by atoms with Gasteiger partial charge in [-0.15, -0.1) is 0 Å². The molecule has 214 valence electrons. The Balaban J connectivity index is 2.11. The molecule has 1 fully saturated rings. The Morgan fingerprint density at radius 3 is 2.03 bits per heavy atom. The number of carbonyl (C=O) groups is 2. The Morgan fingerprint density at radius 2 is 1.56 bits per heavy atom. The second kappa shape index (κ2) is 11.2. The SMILES string of the molecule is CCCN(CC)C[C@@]1(C(=O)Nc2cc(C(F)(F)F)cc(C(F)(F)F)c2)CN(c2c(C)cccc2C)C(=O)[C@H]1C. The van der Waals surface area contributed by atoms with Crippen molar-refractivity contribution < 1.29 is 35.9 Å². The van der Waals surface area contributed by atoms with Crippen LogP contribution in [0.15, 0.2) is 36.4 Å². The molecule has 1 heterocycles. The maximum atomic E-state index is 13.9. The third-order valence-corrected chi connectivity index (χ3v) is 7.41. The van der Waals surface area contributed by atoms with Crippen molar-refractivity contribution in [2.45, 2.75) is 53.4 Å². The summed E-state index contributed by atoms with van der Waals surface area (Å²) in [6.45, 7) is 10.2. The smallest absolute Gasteiger partial charge is 0.325 e. The van der Waals surface area contributed by atoms with Crippen LogP contribution in [0.1, 0.15) is 49.4 Å². The summed E-state index contributed by atoms with van der Waals surface area (Å²) in [4.78, 5) is 31.0. The van der Waals surface area contributed by atoms with E-state index in [1.165, 1.54) is 4.90 Å².